The number of likely N-dealkylation sites (tertiary alicyclic amines) is 2. The molecule has 0 bridgehead atoms. The van der Waals surface area contributed by atoms with Gasteiger partial charge in [0.05, 0.1) is 16.9 Å². The lowest BCUT2D eigenvalue weighted by molar-refractivity contribution is -0.139. The zero-order chi connectivity index (χ0) is 20.0. The highest BCUT2D eigenvalue weighted by molar-refractivity contribution is 7.71. The third kappa shape index (κ3) is 3.62. The van der Waals surface area contributed by atoms with E-state index in [2.05, 4.69) is 33.3 Å². The molecule has 2 aliphatic heterocycles. The second kappa shape index (κ2) is 7.81. The maximum Gasteiger partial charge on any atom is 0.225 e. The van der Waals surface area contributed by atoms with Crippen molar-refractivity contribution >= 4 is 44.6 Å². The number of fused-ring (bicyclic) bond motifs is 3. The van der Waals surface area contributed by atoms with Crippen molar-refractivity contribution in [3.63, 3.8) is 0 Å². The lowest BCUT2D eigenvalue weighted by Gasteiger charge is -2.37. The van der Waals surface area contributed by atoms with Crippen molar-refractivity contribution in [3.05, 3.63) is 29.0 Å². The maximum atomic E-state index is 12.9. The third-order valence-electron chi connectivity index (χ3n) is 6.36. The molecule has 1 aromatic carbocycles. The van der Waals surface area contributed by atoms with Crippen molar-refractivity contribution in [2.45, 2.75) is 39.3 Å². The summed E-state index contributed by atoms with van der Waals surface area (Å²) < 4.78 is 5.96. The average Bonchev–Trinajstić information content (AvgIpc) is 3.24. The molecule has 1 unspecified atom stereocenters. The van der Waals surface area contributed by atoms with E-state index in [-0.39, 0.29) is 5.92 Å². The summed E-state index contributed by atoms with van der Waals surface area (Å²) in [7, 11) is 0. The Morgan fingerprint density at radius 2 is 2.00 bits per heavy atom. The summed E-state index contributed by atoms with van der Waals surface area (Å²) in [5.74, 6) is 1.20. The molecule has 0 aliphatic carbocycles. The van der Waals surface area contributed by atoms with Gasteiger partial charge in [-0.1, -0.05) is 30.4 Å². The summed E-state index contributed by atoms with van der Waals surface area (Å²) in [4.78, 5) is 18.3. The van der Waals surface area contributed by atoms with Crippen LogP contribution in [0.3, 0.4) is 0 Å². The molecule has 8 heteroatoms. The first-order valence-corrected chi connectivity index (χ1v) is 11.8. The van der Waals surface area contributed by atoms with Crippen molar-refractivity contribution in [1.82, 2.24) is 24.0 Å². The molecule has 0 saturated carbocycles. The van der Waals surface area contributed by atoms with Crippen LogP contribution in [0.1, 0.15) is 32.6 Å². The summed E-state index contributed by atoms with van der Waals surface area (Å²) in [6, 6.07) is 8.29. The minimum absolute atomic E-state index is 0.180. The van der Waals surface area contributed by atoms with Crippen LogP contribution in [0.5, 0.6) is 0 Å². The molecule has 1 amide bonds. The molecule has 154 valence electrons. The Kier molecular flexibility index (Phi) is 5.17. The smallest absolute Gasteiger partial charge is 0.225 e. The lowest BCUT2D eigenvalue weighted by atomic mass is 9.93. The summed E-state index contributed by atoms with van der Waals surface area (Å²) in [5, 5.41) is 4.76. The predicted octanol–water partition coefficient (Wildman–Crippen LogP) is 4.01. The highest BCUT2D eigenvalue weighted by Gasteiger charge is 2.30. The molecule has 2 aliphatic rings. The average molecular weight is 430 g/mol. The normalized spacial score (nSPS) is 22.0. The van der Waals surface area contributed by atoms with Gasteiger partial charge in [0.15, 0.2) is 0 Å². The van der Waals surface area contributed by atoms with E-state index in [4.69, 9.17) is 17.3 Å². The highest BCUT2D eigenvalue weighted by Crippen LogP contribution is 2.27. The fourth-order valence-electron chi connectivity index (χ4n) is 4.74. The number of para-hydroxylation sites is 1. The Hall–Kier alpha value is -1.77. The van der Waals surface area contributed by atoms with E-state index in [0.717, 1.165) is 60.7 Å². The monoisotopic (exact) mass is 429 g/mol. The van der Waals surface area contributed by atoms with Gasteiger partial charge >= 0.3 is 0 Å². The van der Waals surface area contributed by atoms with E-state index >= 15 is 0 Å². The first-order chi connectivity index (χ1) is 14.1. The molecule has 0 spiro atoms. The predicted molar refractivity (Wildman–Crippen MR) is 119 cm³/mol. The van der Waals surface area contributed by atoms with E-state index in [1.807, 2.05) is 16.8 Å². The summed E-state index contributed by atoms with van der Waals surface area (Å²) in [6.07, 6.45) is 4.26. The zero-order valence-electron chi connectivity index (χ0n) is 16.8. The Morgan fingerprint density at radius 3 is 2.79 bits per heavy atom. The number of amides is 1. The van der Waals surface area contributed by atoms with Gasteiger partial charge in [0.2, 0.25) is 15.6 Å². The molecule has 6 nitrogen and oxygen atoms in total. The Bertz CT molecular complexity index is 1090. The number of hydrogen-bond donors (Lipinski definition) is 0. The van der Waals surface area contributed by atoms with Crippen LogP contribution < -0.4 is 0 Å². The van der Waals surface area contributed by atoms with Crippen LogP contribution in [0.15, 0.2) is 24.3 Å². The first-order valence-electron chi connectivity index (χ1n) is 10.6. The van der Waals surface area contributed by atoms with Crippen molar-refractivity contribution in [1.29, 1.82) is 0 Å². The van der Waals surface area contributed by atoms with Crippen molar-refractivity contribution in [2.75, 3.05) is 26.2 Å². The maximum absolute atomic E-state index is 12.9. The second-order valence-electron chi connectivity index (χ2n) is 8.54. The quantitative estimate of drug-likeness (QED) is 0.590. The number of aromatic nitrogens is 3. The number of nitrogens with zero attached hydrogens (tertiary/aromatic N) is 5. The van der Waals surface area contributed by atoms with E-state index in [0.29, 0.717) is 18.5 Å². The fourth-order valence-corrected chi connectivity index (χ4v) is 6.10. The number of thiazole rings is 1. The molecule has 2 aromatic heterocycles. The van der Waals surface area contributed by atoms with Crippen LogP contribution in [-0.4, -0.2) is 56.1 Å². The number of rotatable bonds is 3. The zero-order valence-corrected chi connectivity index (χ0v) is 18.4. The van der Waals surface area contributed by atoms with Crippen molar-refractivity contribution < 1.29 is 4.79 Å². The second-order valence-corrected chi connectivity index (χ2v) is 9.91. The van der Waals surface area contributed by atoms with Crippen molar-refractivity contribution in [2.24, 2.45) is 11.8 Å². The van der Waals surface area contributed by atoms with Crippen LogP contribution in [0, 0.1) is 16.6 Å². The molecule has 0 radical (unpaired) electrons. The standard InChI is InChI=1S/C21H27N5OS2/c1-15-5-4-10-24(13-15)19(27)16-8-11-23(12-9-16)14-25-21(28)26-17-6-2-3-7-18(17)29-20(26)22-25/h2-3,6-7,15-16H,4-5,8-14H2,1H3. The van der Waals surface area contributed by atoms with Gasteiger partial charge in [-0.25, -0.2) is 4.68 Å². The van der Waals surface area contributed by atoms with Gasteiger partial charge in [0.1, 0.15) is 0 Å². The molecule has 2 saturated heterocycles. The first kappa shape index (κ1) is 19.2. The number of piperidine rings is 2. The summed E-state index contributed by atoms with van der Waals surface area (Å²) in [5.41, 5.74) is 1.13. The topological polar surface area (TPSA) is 45.8 Å². The minimum atomic E-state index is 0.180. The van der Waals surface area contributed by atoms with Gasteiger partial charge in [0, 0.05) is 32.1 Å². The molecule has 1 atom stereocenters. The largest absolute Gasteiger partial charge is 0.342 e. The van der Waals surface area contributed by atoms with E-state index < -0.39 is 0 Å². The van der Waals surface area contributed by atoms with E-state index in [9.17, 15) is 4.79 Å². The highest BCUT2D eigenvalue weighted by atomic mass is 32.1. The SMILES string of the molecule is CC1CCCN(C(=O)C2CCN(Cn3nc4sc5ccccc5n4c3=S)CC2)C1. The molecule has 0 N–H and O–H groups in total. The summed E-state index contributed by atoms with van der Waals surface area (Å²) >= 11 is 7.40. The molecular weight excluding hydrogens is 402 g/mol. The molecule has 2 fully saturated rings. The van der Waals surface area contributed by atoms with Gasteiger partial charge in [-0.3, -0.25) is 14.1 Å². The van der Waals surface area contributed by atoms with Gasteiger partial charge in [-0.05, 0) is 56.0 Å². The van der Waals surface area contributed by atoms with Crippen LogP contribution in [0.4, 0.5) is 0 Å². The van der Waals surface area contributed by atoms with Gasteiger partial charge in [-0.2, -0.15) is 0 Å². The molecule has 5 rings (SSSR count). The Labute approximate surface area is 179 Å². The molecular formula is C21H27N5OS2. The van der Waals surface area contributed by atoms with E-state index in [1.165, 1.54) is 11.1 Å². The molecule has 29 heavy (non-hydrogen) atoms. The summed E-state index contributed by atoms with van der Waals surface area (Å²) in [6.45, 7) is 6.68. The van der Waals surface area contributed by atoms with Crippen LogP contribution in [0.2, 0.25) is 0 Å². The minimum Gasteiger partial charge on any atom is -0.342 e. The number of hydrogen-bond acceptors (Lipinski definition) is 5. The Morgan fingerprint density at radius 1 is 1.21 bits per heavy atom. The van der Waals surface area contributed by atoms with Crippen molar-refractivity contribution in [3.8, 4) is 0 Å². The number of carbonyl (C=O) groups is 1. The van der Waals surface area contributed by atoms with Crippen LogP contribution in [0.25, 0.3) is 15.2 Å². The molecule has 4 heterocycles. The fraction of sp³-hybridized carbons (Fsp3) is 0.571. The lowest BCUT2D eigenvalue weighted by Crippen LogP contribution is -2.46. The van der Waals surface area contributed by atoms with Gasteiger partial charge < -0.3 is 4.90 Å². The third-order valence-corrected chi connectivity index (χ3v) is 7.76. The van der Waals surface area contributed by atoms with Gasteiger partial charge in [0.25, 0.3) is 0 Å². The van der Waals surface area contributed by atoms with Crippen LogP contribution >= 0.6 is 23.6 Å². The Balaban J connectivity index is 1.24. The van der Waals surface area contributed by atoms with Crippen LogP contribution in [-0.2, 0) is 11.5 Å². The number of carbonyl (C=O) groups excluding carboxylic acids is 1. The van der Waals surface area contributed by atoms with E-state index in [1.54, 1.807) is 11.3 Å². The number of benzene rings is 1. The van der Waals surface area contributed by atoms with Gasteiger partial charge in [-0.15, -0.1) is 5.10 Å². The molecule has 3 aromatic rings.